The molecule has 0 aromatic heterocycles. The molecule has 3 atom stereocenters. The van der Waals surface area contributed by atoms with Crippen molar-refractivity contribution >= 4 is 17.7 Å². The van der Waals surface area contributed by atoms with E-state index in [0.717, 1.165) is 19.3 Å². The molecule has 82 valence electrons. The topological polar surface area (TPSA) is 57.5 Å². The molecular formula is C10H18O3S. The van der Waals surface area contributed by atoms with Gasteiger partial charge in [-0.05, 0) is 25.2 Å². The highest BCUT2D eigenvalue weighted by atomic mass is 32.2. The third kappa shape index (κ3) is 2.89. The minimum absolute atomic E-state index is 0.116. The van der Waals surface area contributed by atoms with Crippen LogP contribution in [0.15, 0.2) is 0 Å². The van der Waals surface area contributed by atoms with Gasteiger partial charge < -0.3 is 10.2 Å². The van der Waals surface area contributed by atoms with Gasteiger partial charge in [0, 0.05) is 5.25 Å². The molecule has 2 N–H and O–H groups in total. The smallest absolute Gasteiger partial charge is 0.316 e. The molecule has 14 heavy (non-hydrogen) atoms. The van der Waals surface area contributed by atoms with Crippen molar-refractivity contribution in [2.75, 3.05) is 0 Å². The molecule has 4 heteroatoms. The fourth-order valence-electron chi connectivity index (χ4n) is 1.75. The summed E-state index contributed by atoms with van der Waals surface area (Å²) in [6.07, 6.45) is 2.48. The summed E-state index contributed by atoms with van der Waals surface area (Å²) in [4.78, 5) is 10.9. The van der Waals surface area contributed by atoms with Crippen LogP contribution in [0.1, 0.15) is 33.1 Å². The lowest BCUT2D eigenvalue weighted by atomic mass is 10.1. The van der Waals surface area contributed by atoms with Crippen molar-refractivity contribution in [3.05, 3.63) is 0 Å². The molecule has 0 aliphatic heterocycles. The maximum Gasteiger partial charge on any atom is 0.316 e. The van der Waals surface area contributed by atoms with Crippen LogP contribution in [0.25, 0.3) is 0 Å². The van der Waals surface area contributed by atoms with E-state index in [4.69, 9.17) is 5.11 Å². The fourth-order valence-corrected chi connectivity index (χ4v) is 3.18. The van der Waals surface area contributed by atoms with Crippen molar-refractivity contribution in [1.82, 2.24) is 0 Å². The molecule has 1 rings (SSSR count). The van der Waals surface area contributed by atoms with Crippen molar-refractivity contribution in [3.8, 4) is 0 Å². The number of carboxylic acids is 1. The summed E-state index contributed by atoms with van der Waals surface area (Å²) >= 11 is 1.43. The molecule has 1 aliphatic rings. The molecule has 1 saturated carbocycles. The van der Waals surface area contributed by atoms with E-state index in [1.165, 1.54) is 11.8 Å². The van der Waals surface area contributed by atoms with Crippen LogP contribution in [0.3, 0.4) is 0 Å². The van der Waals surface area contributed by atoms with E-state index in [1.54, 1.807) is 0 Å². The van der Waals surface area contributed by atoms with Gasteiger partial charge in [-0.1, -0.05) is 13.8 Å². The second kappa shape index (κ2) is 5.03. The lowest BCUT2D eigenvalue weighted by Gasteiger charge is -2.21. The van der Waals surface area contributed by atoms with Gasteiger partial charge >= 0.3 is 5.97 Å². The van der Waals surface area contributed by atoms with Crippen molar-refractivity contribution in [3.63, 3.8) is 0 Å². The summed E-state index contributed by atoms with van der Waals surface area (Å²) in [5.74, 6) is -0.644. The van der Waals surface area contributed by atoms with Crippen LogP contribution >= 0.6 is 11.8 Å². The van der Waals surface area contributed by atoms with Gasteiger partial charge in [0.2, 0.25) is 0 Å². The molecule has 0 bridgehead atoms. The Bertz CT molecular complexity index is 206. The zero-order valence-electron chi connectivity index (χ0n) is 8.64. The fraction of sp³-hybridized carbons (Fsp3) is 0.900. The molecule has 3 unspecified atom stereocenters. The second-order valence-corrected chi connectivity index (χ2v) is 5.56. The van der Waals surface area contributed by atoms with Crippen LogP contribution < -0.4 is 0 Å². The number of carbonyl (C=O) groups is 1. The van der Waals surface area contributed by atoms with Gasteiger partial charge in [0.05, 0.1) is 6.10 Å². The predicted molar refractivity (Wildman–Crippen MR) is 57.5 cm³/mol. The van der Waals surface area contributed by atoms with Crippen LogP contribution in [-0.4, -0.2) is 32.8 Å². The molecule has 0 saturated heterocycles. The monoisotopic (exact) mass is 218 g/mol. The standard InChI is InChI=1S/C10H18O3S/c1-6(2)9(10(12)13)14-8-5-3-4-7(8)11/h6-9,11H,3-5H2,1-2H3,(H,12,13). The van der Waals surface area contributed by atoms with Gasteiger partial charge in [0.25, 0.3) is 0 Å². The quantitative estimate of drug-likeness (QED) is 0.754. The Balaban J connectivity index is 2.50. The molecule has 3 nitrogen and oxygen atoms in total. The third-order valence-electron chi connectivity index (χ3n) is 2.59. The van der Waals surface area contributed by atoms with Crippen molar-refractivity contribution < 1.29 is 15.0 Å². The zero-order chi connectivity index (χ0) is 10.7. The molecule has 0 spiro atoms. The van der Waals surface area contributed by atoms with Gasteiger partial charge in [0.1, 0.15) is 5.25 Å². The van der Waals surface area contributed by atoms with E-state index in [1.807, 2.05) is 13.8 Å². The Kier molecular flexibility index (Phi) is 4.26. The van der Waals surface area contributed by atoms with Crippen LogP contribution in [-0.2, 0) is 4.79 Å². The van der Waals surface area contributed by atoms with E-state index < -0.39 is 5.97 Å². The summed E-state index contributed by atoms with van der Waals surface area (Å²) in [5, 5.41) is 18.3. The van der Waals surface area contributed by atoms with Gasteiger partial charge in [0.15, 0.2) is 0 Å². The van der Waals surface area contributed by atoms with E-state index in [-0.39, 0.29) is 22.5 Å². The lowest BCUT2D eigenvalue weighted by molar-refractivity contribution is -0.137. The van der Waals surface area contributed by atoms with Crippen LogP contribution in [0.5, 0.6) is 0 Å². The van der Waals surface area contributed by atoms with E-state index in [2.05, 4.69) is 0 Å². The van der Waals surface area contributed by atoms with Crippen molar-refractivity contribution in [1.29, 1.82) is 0 Å². The first-order valence-electron chi connectivity index (χ1n) is 5.08. The van der Waals surface area contributed by atoms with Crippen molar-refractivity contribution in [2.45, 2.75) is 49.7 Å². The second-order valence-electron chi connectivity index (χ2n) is 4.18. The van der Waals surface area contributed by atoms with E-state index in [0.29, 0.717) is 0 Å². The van der Waals surface area contributed by atoms with Gasteiger partial charge in [-0.2, -0.15) is 0 Å². The first-order chi connectivity index (χ1) is 6.52. The first kappa shape index (κ1) is 11.9. The van der Waals surface area contributed by atoms with Crippen LogP contribution in [0.4, 0.5) is 0 Å². The Morgan fingerprint density at radius 1 is 1.43 bits per heavy atom. The average Bonchev–Trinajstić information content (AvgIpc) is 2.46. The molecule has 0 radical (unpaired) electrons. The normalized spacial score (nSPS) is 29.4. The molecule has 0 aromatic carbocycles. The average molecular weight is 218 g/mol. The van der Waals surface area contributed by atoms with Gasteiger partial charge in [-0.25, -0.2) is 0 Å². The molecule has 0 amide bonds. The number of hydrogen-bond donors (Lipinski definition) is 2. The number of rotatable bonds is 4. The van der Waals surface area contributed by atoms with E-state index in [9.17, 15) is 9.90 Å². The minimum atomic E-state index is -0.760. The van der Waals surface area contributed by atoms with Crippen LogP contribution in [0.2, 0.25) is 0 Å². The number of hydrogen-bond acceptors (Lipinski definition) is 3. The summed E-state index contributed by atoms with van der Waals surface area (Å²) in [6.45, 7) is 3.82. The third-order valence-corrected chi connectivity index (χ3v) is 4.53. The number of aliphatic carboxylic acids is 1. The maximum absolute atomic E-state index is 10.9. The summed E-state index contributed by atoms with van der Waals surface area (Å²) in [7, 11) is 0. The van der Waals surface area contributed by atoms with E-state index >= 15 is 0 Å². The number of aliphatic hydroxyl groups excluding tert-OH is 1. The SMILES string of the molecule is CC(C)C(SC1CCCC1O)C(=O)O. The number of thioether (sulfide) groups is 1. The summed E-state index contributed by atoms with van der Waals surface area (Å²) in [5.41, 5.74) is 0. The van der Waals surface area contributed by atoms with Crippen LogP contribution in [0, 0.1) is 5.92 Å². The number of aliphatic hydroxyl groups is 1. The highest BCUT2D eigenvalue weighted by Gasteiger charge is 2.32. The van der Waals surface area contributed by atoms with Gasteiger partial charge in [-0.15, -0.1) is 11.8 Å². The Hall–Kier alpha value is -0.220. The molecule has 1 aliphatic carbocycles. The summed E-state index contributed by atoms with van der Waals surface area (Å²) < 4.78 is 0. The molecule has 0 aromatic rings. The molecular weight excluding hydrogens is 200 g/mol. The van der Waals surface area contributed by atoms with Gasteiger partial charge in [-0.3, -0.25) is 4.79 Å². The minimum Gasteiger partial charge on any atom is -0.480 e. The summed E-state index contributed by atoms with van der Waals surface area (Å²) in [6, 6.07) is 0. The largest absolute Gasteiger partial charge is 0.480 e. The molecule has 0 heterocycles. The first-order valence-corrected chi connectivity index (χ1v) is 6.03. The lowest BCUT2D eigenvalue weighted by Crippen LogP contribution is -2.28. The zero-order valence-corrected chi connectivity index (χ0v) is 9.46. The number of carboxylic acid groups (broad SMARTS) is 1. The van der Waals surface area contributed by atoms with Crippen molar-refractivity contribution in [2.24, 2.45) is 5.92 Å². The Morgan fingerprint density at radius 3 is 2.43 bits per heavy atom. The maximum atomic E-state index is 10.9. The molecule has 1 fully saturated rings. The predicted octanol–water partition coefficient (Wildman–Crippen LogP) is 1.74. The Labute approximate surface area is 88.9 Å². The highest BCUT2D eigenvalue weighted by molar-refractivity contribution is 8.01. The highest BCUT2D eigenvalue weighted by Crippen LogP contribution is 2.35. The Morgan fingerprint density at radius 2 is 2.07 bits per heavy atom.